The summed E-state index contributed by atoms with van der Waals surface area (Å²) in [7, 11) is 1.37. The van der Waals surface area contributed by atoms with E-state index in [9.17, 15) is 18.0 Å². The van der Waals surface area contributed by atoms with E-state index in [0.29, 0.717) is 10.7 Å². The number of benzene rings is 1. The van der Waals surface area contributed by atoms with Crippen molar-refractivity contribution in [2.24, 2.45) is 0 Å². The second-order valence-electron chi connectivity index (χ2n) is 4.50. The molecule has 1 aromatic carbocycles. The molecular weight excluding hydrogens is 287 g/mol. The summed E-state index contributed by atoms with van der Waals surface area (Å²) in [5.41, 5.74) is -1.16. The van der Waals surface area contributed by atoms with Gasteiger partial charge in [0.2, 0.25) is 0 Å². The van der Waals surface area contributed by atoms with Gasteiger partial charge in [0, 0.05) is 12.7 Å². The lowest BCUT2D eigenvalue weighted by Crippen LogP contribution is -2.38. The Morgan fingerprint density at radius 2 is 1.95 bits per heavy atom. The smallest absolute Gasteiger partial charge is 0.375 e. The number of rotatable bonds is 3. The second kappa shape index (κ2) is 5.74. The van der Waals surface area contributed by atoms with Crippen LogP contribution in [-0.2, 0) is 4.79 Å². The lowest BCUT2D eigenvalue weighted by molar-refractivity contribution is -0.141. The molecule has 114 valence electrons. The number of nitrogens with one attached hydrogen (secondary N) is 1. The van der Waals surface area contributed by atoms with Crippen LogP contribution in [0.3, 0.4) is 0 Å². The summed E-state index contributed by atoms with van der Waals surface area (Å²) in [6.45, 7) is -1.08. The number of carbonyl (C=O) groups is 1. The Balaban J connectivity index is 2.32. The van der Waals surface area contributed by atoms with Crippen molar-refractivity contribution in [1.82, 2.24) is 10.0 Å². The van der Waals surface area contributed by atoms with Gasteiger partial charge in [-0.2, -0.15) is 13.2 Å². The predicted octanol–water partition coefficient (Wildman–Crippen LogP) is 1.55. The first-order valence-electron chi connectivity index (χ1n) is 6.10. The van der Waals surface area contributed by atoms with E-state index in [4.69, 9.17) is 5.11 Å². The highest BCUT2D eigenvalue weighted by Gasteiger charge is 2.47. The number of halogens is 3. The molecule has 1 amide bonds. The van der Waals surface area contributed by atoms with Crippen LogP contribution in [0.5, 0.6) is 0 Å². The van der Waals surface area contributed by atoms with Crippen LogP contribution < -0.4 is 5.32 Å². The fourth-order valence-electron chi connectivity index (χ4n) is 2.12. The molecule has 2 N–H and O–H groups in total. The fourth-order valence-corrected chi connectivity index (χ4v) is 2.12. The van der Waals surface area contributed by atoms with Crippen molar-refractivity contribution in [1.29, 1.82) is 0 Å². The van der Waals surface area contributed by atoms with Crippen molar-refractivity contribution >= 4 is 11.6 Å². The molecule has 1 aliphatic rings. The number of amides is 1. The number of likely N-dealkylation sites (N-methyl/N-ethyl adjacent to an activating group) is 1. The van der Waals surface area contributed by atoms with Crippen LogP contribution in [0.15, 0.2) is 41.6 Å². The molecule has 0 aromatic heterocycles. The average Bonchev–Trinajstić information content (AvgIpc) is 2.76. The van der Waals surface area contributed by atoms with Gasteiger partial charge in [-0.15, -0.1) is 0 Å². The Kier molecular flexibility index (Phi) is 4.19. The summed E-state index contributed by atoms with van der Waals surface area (Å²) in [6, 6.07) is 8.21. The summed E-state index contributed by atoms with van der Waals surface area (Å²) in [6.07, 6.45) is -4.73. The van der Waals surface area contributed by atoms with Crippen molar-refractivity contribution in [2.45, 2.75) is 6.18 Å². The van der Waals surface area contributed by atoms with E-state index in [-0.39, 0.29) is 6.54 Å². The number of para-hydroxylation sites is 1. The zero-order valence-electron chi connectivity index (χ0n) is 11.2. The van der Waals surface area contributed by atoms with E-state index < -0.39 is 30.1 Å². The largest absolute Gasteiger partial charge is 0.433 e. The number of aliphatic hydroxyl groups excluding tert-OH is 1. The van der Waals surface area contributed by atoms with Crippen LogP contribution in [0, 0.1) is 0 Å². The summed E-state index contributed by atoms with van der Waals surface area (Å²) < 4.78 is 39.3. The maximum absolute atomic E-state index is 13.1. The highest BCUT2D eigenvalue weighted by atomic mass is 19.4. The number of hydrogen-bond acceptors (Lipinski definition) is 4. The standard InChI is InChI=1S/C13H14F3N3O2/c1-18-7-10(11(13(14,15)16)19(18)8-20)12(21)17-9-5-3-2-4-6-9/h2-6,20H,7-8H2,1H3,(H,17,21). The fraction of sp³-hybridized carbons (Fsp3) is 0.308. The summed E-state index contributed by atoms with van der Waals surface area (Å²) in [5.74, 6) is -0.837. The maximum Gasteiger partial charge on any atom is 0.433 e. The van der Waals surface area contributed by atoms with Crippen molar-refractivity contribution in [3.63, 3.8) is 0 Å². The van der Waals surface area contributed by atoms with E-state index in [1.54, 1.807) is 30.3 Å². The van der Waals surface area contributed by atoms with Crippen LogP contribution in [0.1, 0.15) is 0 Å². The van der Waals surface area contributed by atoms with Gasteiger partial charge in [-0.25, -0.2) is 5.01 Å². The Morgan fingerprint density at radius 1 is 1.33 bits per heavy atom. The first-order valence-corrected chi connectivity index (χ1v) is 6.10. The van der Waals surface area contributed by atoms with Gasteiger partial charge in [0.15, 0.2) is 0 Å². The minimum absolute atomic E-state index is 0.228. The number of aliphatic hydroxyl groups is 1. The van der Waals surface area contributed by atoms with Crippen molar-refractivity contribution in [2.75, 3.05) is 25.6 Å². The Morgan fingerprint density at radius 3 is 2.48 bits per heavy atom. The van der Waals surface area contributed by atoms with Crippen LogP contribution in [-0.4, -0.2) is 47.5 Å². The van der Waals surface area contributed by atoms with E-state index in [1.165, 1.54) is 7.05 Å². The molecule has 0 saturated heterocycles. The molecule has 1 aromatic rings. The first kappa shape index (κ1) is 15.3. The van der Waals surface area contributed by atoms with Gasteiger partial charge in [-0.3, -0.25) is 9.80 Å². The molecule has 5 nitrogen and oxygen atoms in total. The van der Waals surface area contributed by atoms with Gasteiger partial charge in [0.05, 0.1) is 12.1 Å². The number of carbonyl (C=O) groups excluding carboxylic acids is 1. The summed E-state index contributed by atoms with van der Waals surface area (Å²) in [5, 5.41) is 13.3. The molecule has 21 heavy (non-hydrogen) atoms. The number of alkyl halides is 3. The van der Waals surface area contributed by atoms with E-state index >= 15 is 0 Å². The predicted molar refractivity (Wildman–Crippen MR) is 69.7 cm³/mol. The Hall–Kier alpha value is -2.06. The zero-order chi connectivity index (χ0) is 15.6. The van der Waals surface area contributed by atoms with Crippen molar-refractivity contribution in [3.05, 3.63) is 41.6 Å². The van der Waals surface area contributed by atoms with Gasteiger partial charge in [-0.05, 0) is 12.1 Å². The molecule has 0 saturated carbocycles. The monoisotopic (exact) mass is 301 g/mol. The number of anilines is 1. The topological polar surface area (TPSA) is 55.8 Å². The molecule has 2 rings (SSSR count). The van der Waals surface area contributed by atoms with Gasteiger partial charge < -0.3 is 10.4 Å². The minimum Gasteiger partial charge on any atom is -0.375 e. The van der Waals surface area contributed by atoms with Crippen LogP contribution in [0.4, 0.5) is 18.9 Å². The number of nitrogens with zero attached hydrogens (tertiary/aromatic N) is 2. The molecule has 8 heteroatoms. The molecule has 0 unspecified atom stereocenters. The minimum atomic E-state index is -4.73. The lowest BCUT2D eigenvalue weighted by Gasteiger charge is -2.27. The van der Waals surface area contributed by atoms with Gasteiger partial charge in [0.25, 0.3) is 5.91 Å². The van der Waals surface area contributed by atoms with E-state index in [2.05, 4.69) is 5.32 Å². The zero-order valence-corrected chi connectivity index (χ0v) is 11.2. The molecule has 0 bridgehead atoms. The van der Waals surface area contributed by atoms with E-state index in [1.807, 2.05) is 0 Å². The Bertz CT molecular complexity index is 558. The summed E-state index contributed by atoms with van der Waals surface area (Å²) >= 11 is 0. The Labute approximate surface area is 119 Å². The third kappa shape index (κ3) is 3.17. The lowest BCUT2D eigenvalue weighted by atomic mass is 10.2. The van der Waals surface area contributed by atoms with E-state index in [0.717, 1.165) is 5.01 Å². The molecular formula is C13H14F3N3O2. The third-order valence-electron chi connectivity index (χ3n) is 3.05. The molecule has 1 aliphatic heterocycles. The normalized spacial score (nSPS) is 16.5. The van der Waals surface area contributed by atoms with Crippen LogP contribution >= 0.6 is 0 Å². The molecule has 0 fully saturated rings. The van der Waals surface area contributed by atoms with Crippen LogP contribution in [0.25, 0.3) is 0 Å². The summed E-state index contributed by atoms with van der Waals surface area (Å²) in [4.78, 5) is 12.1. The first-order chi connectivity index (χ1) is 9.84. The number of allylic oxidation sites excluding steroid dienone is 1. The highest BCUT2D eigenvalue weighted by molar-refractivity contribution is 6.05. The second-order valence-corrected chi connectivity index (χ2v) is 4.50. The molecule has 0 radical (unpaired) electrons. The van der Waals surface area contributed by atoms with Crippen LogP contribution in [0.2, 0.25) is 0 Å². The van der Waals surface area contributed by atoms with Gasteiger partial charge in [0.1, 0.15) is 12.4 Å². The molecule has 0 aliphatic carbocycles. The SMILES string of the molecule is CN1CC(C(=O)Nc2ccccc2)=C(C(F)(F)F)N1CO. The van der Waals surface area contributed by atoms with Gasteiger partial charge in [-0.1, -0.05) is 18.2 Å². The number of hydrogen-bond donors (Lipinski definition) is 2. The third-order valence-corrected chi connectivity index (χ3v) is 3.05. The van der Waals surface area contributed by atoms with Crippen molar-refractivity contribution < 1.29 is 23.1 Å². The number of hydrazine groups is 1. The van der Waals surface area contributed by atoms with Gasteiger partial charge >= 0.3 is 6.18 Å². The molecule has 1 heterocycles. The molecule has 0 spiro atoms. The quantitative estimate of drug-likeness (QED) is 0.889. The highest BCUT2D eigenvalue weighted by Crippen LogP contribution is 2.36. The maximum atomic E-state index is 13.1. The average molecular weight is 301 g/mol. The molecule has 0 atom stereocenters. The van der Waals surface area contributed by atoms with Crippen molar-refractivity contribution in [3.8, 4) is 0 Å².